The molecule has 1 saturated heterocycles. The molecule has 1 aromatic rings. The van der Waals surface area contributed by atoms with Gasteiger partial charge in [0.05, 0.1) is 6.61 Å². The SMILES string of the molecule is CC(=O)N1CCC(COc2cc(Cl)cc(Cl)c2)CC1. The number of piperidine rings is 1. The van der Waals surface area contributed by atoms with Crippen molar-refractivity contribution < 1.29 is 9.53 Å². The van der Waals surface area contributed by atoms with Crippen LogP contribution in [0, 0.1) is 5.92 Å². The first-order chi connectivity index (χ1) is 9.04. The summed E-state index contributed by atoms with van der Waals surface area (Å²) in [7, 11) is 0. The Morgan fingerprint density at radius 2 is 1.84 bits per heavy atom. The minimum atomic E-state index is 0.154. The summed E-state index contributed by atoms with van der Waals surface area (Å²) in [5.74, 6) is 1.33. The second-order valence-electron chi connectivity index (χ2n) is 4.87. The monoisotopic (exact) mass is 301 g/mol. The Bertz CT molecular complexity index is 437. The van der Waals surface area contributed by atoms with E-state index in [2.05, 4.69) is 0 Å². The van der Waals surface area contributed by atoms with Crippen LogP contribution in [-0.2, 0) is 4.79 Å². The van der Waals surface area contributed by atoms with Gasteiger partial charge in [-0.25, -0.2) is 0 Å². The summed E-state index contributed by atoms with van der Waals surface area (Å²) in [6.45, 7) is 3.90. The van der Waals surface area contributed by atoms with Gasteiger partial charge in [0.15, 0.2) is 0 Å². The maximum absolute atomic E-state index is 11.2. The van der Waals surface area contributed by atoms with Crippen molar-refractivity contribution in [2.24, 2.45) is 5.92 Å². The number of hydrogen-bond donors (Lipinski definition) is 0. The van der Waals surface area contributed by atoms with Crippen molar-refractivity contribution in [1.82, 2.24) is 4.90 Å². The summed E-state index contributed by atoms with van der Waals surface area (Å²) in [6, 6.07) is 5.21. The second-order valence-corrected chi connectivity index (χ2v) is 5.74. The fourth-order valence-corrected chi connectivity index (χ4v) is 2.75. The van der Waals surface area contributed by atoms with Gasteiger partial charge in [-0.05, 0) is 37.0 Å². The van der Waals surface area contributed by atoms with Gasteiger partial charge in [0.1, 0.15) is 5.75 Å². The Morgan fingerprint density at radius 1 is 1.26 bits per heavy atom. The Kier molecular flexibility index (Phi) is 4.94. The van der Waals surface area contributed by atoms with E-state index in [1.165, 1.54) is 0 Å². The third kappa shape index (κ3) is 4.29. The number of amides is 1. The number of carbonyl (C=O) groups is 1. The van der Waals surface area contributed by atoms with E-state index in [4.69, 9.17) is 27.9 Å². The van der Waals surface area contributed by atoms with Crippen LogP contribution in [0.15, 0.2) is 18.2 Å². The lowest BCUT2D eigenvalue weighted by Crippen LogP contribution is -2.38. The van der Waals surface area contributed by atoms with Gasteiger partial charge >= 0.3 is 0 Å². The molecule has 1 amide bonds. The first-order valence-corrected chi connectivity index (χ1v) is 7.14. The van der Waals surface area contributed by atoms with Crippen molar-refractivity contribution in [3.8, 4) is 5.75 Å². The molecule has 0 bridgehead atoms. The molecule has 0 spiro atoms. The number of hydrogen-bond acceptors (Lipinski definition) is 2. The average Bonchev–Trinajstić information content (AvgIpc) is 2.36. The Balaban J connectivity index is 1.82. The summed E-state index contributed by atoms with van der Waals surface area (Å²) in [5, 5.41) is 1.16. The van der Waals surface area contributed by atoms with E-state index < -0.39 is 0 Å². The lowest BCUT2D eigenvalue weighted by Gasteiger charge is -2.31. The van der Waals surface area contributed by atoms with Gasteiger partial charge in [-0.3, -0.25) is 4.79 Å². The molecule has 1 aliphatic rings. The fraction of sp³-hybridized carbons (Fsp3) is 0.500. The van der Waals surface area contributed by atoms with Gasteiger partial charge in [-0.15, -0.1) is 0 Å². The molecule has 0 saturated carbocycles. The molecule has 0 radical (unpaired) electrons. The van der Waals surface area contributed by atoms with Crippen LogP contribution in [0.1, 0.15) is 19.8 Å². The van der Waals surface area contributed by atoms with Crippen molar-refractivity contribution in [3.63, 3.8) is 0 Å². The maximum atomic E-state index is 11.2. The number of ether oxygens (including phenoxy) is 1. The van der Waals surface area contributed by atoms with Crippen molar-refractivity contribution in [3.05, 3.63) is 28.2 Å². The minimum Gasteiger partial charge on any atom is -0.493 e. The molecule has 5 heteroatoms. The molecule has 1 aromatic carbocycles. The highest BCUT2D eigenvalue weighted by Crippen LogP contribution is 2.25. The molecule has 0 atom stereocenters. The molecule has 0 unspecified atom stereocenters. The summed E-state index contributed by atoms with van der Waals surface area (Å²) < 4.78 is 5.73. The van der Waals surface area contributed by atoms with E-state index in [1.54, 1.807) is 25.1 Å². The summed E-state index contributed by atoms with van der Waals surface area (Å²) in [5.41, 5.74) is 0. The van der Waals surface area contributed by atoms with E-state index in [-0.39, 0.29) is 5.91 Å². The minimum absolute atomic E-state index is 0.154. The zero-order valence-electron chi connectivity index (χ0n) is 10.9. The van der Waals surface area contributed by atoms with Crippen molar-refractivity contribution >= 4 is 29.1 Å². The molecular weight excluding hydrogens is 285 g/mol. The quantitative estimate of drug-likeness (QED) is 0.853. The van der Waals surface area contributed by atoms with E-state index in [0.717, 1.165) is 25.9 Å². The standard InChI is InChI=1S/C14H17Cl2NO2/c1-10(18)17-4-2-11(3-5-17)9-19-14-7-12(15)6-13(16)8-14/h6-8,11H,2-5,9H2,1H3. The molecule has 1 fully saturated rings. The van der Waals surface area contributed by atoms with E-state index >= 15 is 0 Å². The fourth-order valence-electron chi connectivity index (χ4n) is 2.24. The lowest BCUT2D eigenvalue weighted by molar-refractivity contribution is -0.130. The summed E-state index contributed by atoms with van der Waals surface area (Å²) in [6.07, 6.45) is 1.96. The van der Waals surface area contributed by atoms with Gasteiger partial charge < -0.3 is 9.64 Å². The molecule has 19 heavy (non-hydrogen) atoms. The summed E-state index contributed by atoms with van der Waals surface area (Å²) in [4.78, 5) is 13.1. The highest BCUT2D eigenvalue weighted by molar-refractivity contribution is 6.34. The largest absolute Gasteiger partial charge is 0.493 e. The van der Waals surface area contributed by atoms with Crippen LogP contribution in [0.25, 0.3) is 0 Å². The second kappa shape index (κ2) is 6.49. The van der Waals surface area contributed by atoms with Gasteiger partial charge in [-0.2, -0.15) is 0 Å². The number of halogens is 2. The number of nitrogens with zero attached hydrogens (tertiary/aromatic N) is 1. The molecular formula is C14H17Cl2NO2. The highest BCUT2D eigenvalue weighted by atomic mass is 35.5. The molecule has 0 N–H and O–H groups in total. The van der Waals surface area contributed by atoms with Gasteiger partial charge in [0, 0.05) is 30.1 Å². The van der Waals surface area contributed by atoms with E-state index in [9.17, 15) is 4.79 Å². The summed E-state index contributed by atoms with van der Waals surface area (Å²) >= 11 is 11.8. The molecule has 3 nitrogen and oxygen atoms in total. The average molecular weight is 302 g/mol. The number of carbonyl (C=O) groups excluding carboxylic acids is 1. The first-order valence-electron chi connectivity index (χ1n) is 6.39. The van der Waals surface area contributed by atoms with Crippen LogP contribution in [0.5, 0.6) is 5.75 Å². The molecule has 0 aliphatic carbocycles. The predicted octanol–water partition coefficient (Wildman–Crippen LogP) is 3.63. The highest BCUT2D eigenvalue weighted by Gasteiger charge is 2.21. The number of benzene rings is 1. The van der Waals surface area contributed by atoms with Crippen molar-refractivity contribution in [1.29, 1.82) is 0 Å². The molecule has 2 rings (SSSR count). The number of rotatable bonds is 3. The maximum Gasteiger partial charge on any atom is 0.219 e. The zero-order chi connectivity index (χ0) is 13.8. The normalized spacial score (nSPS) is 16.5. The molecule has 0 aromatic heterocycles. The molecule has 1 heterocycles. The zero-order valence-corrected chi connectivity index (χ0v) is 12.4. The Labute approximate surface area is 123 Å². The van der Waals surface area contributed by atoms with Crippen molar-refractivity contribution in [2.75, 3.05) is 19.7 Å². The lowest BCUT2D eigenvalue weighted by atomic mass is 9.98. The smallest absolute Gasteiger partial charge is 0.219 e. The van der Waals surface area contributed by atoms with E-state index in [0.29, 0.717) is 28.3 Å². The van der Waals surface area contributed by atoms with Gasteiger partial charge in [0.25, 0.3) is 0 Å². The van der Waals surface area contributed by atoms with Crippen LogP contribution in [-0.4, -0.2) is 30.5 Å². The molecule has 104 valence electrons. The number of likely N-dealkylation sites (tertiary alicyclic amines) is 1. The van der Waals surface area contributed by atoms with Crippen LogP contribution < -0.4 is 4.74 Å². The van der Waals surface area contributed by atoms with Crippen LogP contribution >= 0.6 is 23.2 Å². The van der Waals surface area contributed by atoms with Crippen LogP contribution in [0.2, 0.25) is 10.0 Å². The Hall–Kier alpha value is -0.930. The third-order valence-corrected chi connectivity index (χ3v) is 3.82. The molecule has 1 aliphatic heterocycles. The third-order valence-electron chi connectivity index (χ3n) is 3.38. The van der Waals surface area contributed by atoms with Crippen molar-refractivity contribution in [2.45, 2.75) is 19.8 Å². The first kappa shape index (κ1) is 14.5. The van der Waals surface area contributed by atoms with Crippen LogP contribution in [0.4, 0.5) is 0 Å². The predicted molar refractivity (Wildman–Crippen MR) is 76.9 cm³/mol. The van der Waals surface area contributed by atoms with Gasteiger partial charge in [-0.1, -0.05) is 23.2 Å². The Morgan fingerprint density at radius 3 is 2.37 bits per heavy atom. The van der Waals surface area contributed by atoms with Gasteiger partial charge in [0.2, 0.25) is 5.91 Å². The van der Waals surface area contributed by atoms with Crippen LogP contribution in [0.3, 0.4) is 0 Å². The topological polar surface area (TPSA) is 29.5 Å². The van der Waals surface area contributed by atoms with E-state index in [1.807, 2.05) is 4.90 Å².